The number of halogens is 2. The van der Waals surface area contributed by atoms with Gasteiger partial charge in [0.05, 0.1) is 0 Å². The van der Waals surface area contributed by atoms with Crippen LogP contribution in [0.5, 0.6) is 0 Å². The zero-order valence-corrected chi connectivity index (χ0v) is 12.6. The van der Waals surface area contributed by atoms with E-state index in [-0.39, 0.29) is 5.91 Å². The number of hydrogen-bond acceptors (Lipinski definition) is 1. The number of nitrogens with one attached hydrogen (secondary N) is 1. The highest BCUT2D eigenvalue weighted by Crippen LogP contribution is 2.27. The van der Waals surface area contributed by atoms with Crippen molar-refractivity contribution in [2.45, 2.75) is 38.0 Å². The van der Waals surface area contributed by atoms with E-state index in [9.17, 15) is 4.79 Å². The summed E-state index contributed by atoms with van der Waals surface area (Å²) in [6, 6.07) is 5.41. The summed E-state index contributed by atoms with van der Waals surface area (Å²) < 4.78 is 0. The number of hydrogen-bond donors (Lipinski definition) is 1. The van der Waals surface area contributed by atoms with Gasteiger partial charge in [0.25, 0.3) is 5.91 Å². The van der Waals surface area contributed by atoms with Crippen LogP contribution in [0.25, 0.3) is 0 Å². The molecule has 104 valence electrons. The van der Waals surface area contributed by atoms with Crippen molar-refractivity contribution in [3.05, 3.63) is 34.3 Å². The minimum atomic E-state index is -0.0464. The van der Waals surface area contributed by atoms with E-state index in [0.29, 0.717) is 21.9 Å². The molecule has 0 atom stereocenters. The Bertz CT molecular complexity index is 453. The molecule has 0 radical (unpaired) electrons. The molecule has 1 amide bonds. The van der Waals surface area contributed by atoms with Gasteiger partial charge in [-0.05, 0) is 56.2 Å². The smallest absolute Gasteiger partial charge is 0.251 e. The molecule has 0 aliphatic heterocycles. The molecule has 19 heavy (non-hydrogen) atoms. The molecule has 2 rings (SSSR count). The molecule has 0 saturated heterocycles. The van der Waals surface area contributed by atoms with E-state index in [4.69, 9.17) is 23.2 Å². The Morgan fingerprint density at radius 1 is 1.32 bits per heavy atom. The Kier molecular flexibility index (Phi) is 5.12. The summed E-state index contributed by atoms with van der Waals surface area (Å²) in [5.41, 5.74) is 1.61. The summed E-state index contributed by atoms with van der Waals surface area (Å²) in [5, 5.41) is 3.95. The first-order valence-corrected chi connectivity index (χ1v) is 7.56. The molecule has 0 spiro atoms. The van der Waals surface area contributed by atoms with Crippen molar-refractivity contribution >= 4 is 29.1 Å². The van der Waals surface area contributed by atoms with Gasteiger partial charge >= 0.3 is 0 Å². The molecule has 0 heterocycles. The fourth-order valence-electron chi connectivity index (χ4n) is 2.40. The fraction of sp³-hybridized carbons (Fsp3) is 0.533. The van der Waals surface area contributed by atoms with E-state index in [1.165, 1.54) is 0 Å². The fourth-order valence-corrected chi connectivity index (χ4v) is 2.83. The average molecular weight is 300 g/mol. The van der Waals surface area contributed by atoms with Gasteiger partial charge in [0.15, 0.2) is 0 Å². The third kappa shape index (κ3) is 4.12. The van der Waals surface area contributed by atoms with Crippen LogP contribution in [0, 0.1) is 12.8 Å². The molecule has 4 heteroatoms. The number of carbonyl (C=O) groups excluding carboxylic acids is 1. The van der Waals surface area contributed by atoms with E-state index >= 15 is 0 Å². The van der Waals surface area contributed by atoms with Crippen LogP contribution in [0.15, 0.2) is 18.2 Å². The van der Waals surface area contributed by atoms with Crippen molar-refractivity contribution in [2.24, 2.45) is 5.92 Å². The van der Waals surface area contributed by atoms with Crippen LogP contribution in [0.1, 0.15) is 41.6 Å². The minimum Gasteiger partial charge on any atom is -0.352 e. The second-order valence-corrected chi connectivity index (χ2v) is 6.32. The molecule has 0 bridgehead atoms. The van der Waals surface area contributed by atoms with Gasteiger partial charge in [-0.1, -0.05) is 17.7 Å². The Morgan fingerprint density at radius 2 is 2.00 bits per heavy atom. The van der Waals surface area contributed by atoms with Crippen molar-refractivity contribution in [3.63, 3.8) is 0 Å². The van der Waals surface area contributed by atoms with Crippen LogP contribution in [-0.4, -0.2) is 17.8 Å². The Balaban J connectivity index is 1.85. The predicted molar refractivity (Wildman–Crippen MR) is 80.1 cm³/mol. The summed E-state index contributed by atoms with van der Waals surface area (Å²) in [6.45, 7) is 2.66. The standard InChI is InChI=1S/C15H19Cl2NO/c1-10-2-5-12(8-14(10)17)15(19)18-9-11-3-6-13(16)7-4-11/h2,5,8,11,13H,3-4,6-7,9H2,1H3,(H,18,19). The third-order valence-electron chi connectivity index (χ3n) is 3.76. The highest BCUT2D eigenvalue weighted by atomic mass is 35.5. The van der Waals surface area contributed by atoms with Crippen molar-refractivity contribution < 1.29 is 4.79 Å². The minimum absolute atomic E-state index is 0.0464. The predicted octanol–water partition coefficient (Wildman–Crippen LogP) is 4.18. The molecule has 1 saturated carbocycles. The Hall–Kier alpha value is -0.730. The van der Waals surface area contributed by atoms with Gasteiger partial charge in [0.2, 0.25) is 0 Å². The summed E-state index contributed by atoms with van der Waals surface area (Å²) in [7, 11) is 0. The van der Waals surface area contributed by atoms with Gasteiger partial charge in [0, 0.05) is 22.5 Å². The molecule has 1 aliphatic rings. The highest BCUT2D eigenvalue weighted by Gasteiger charge is 2.20. The van der Waals surface area contributed by atoms with Crippen LogP contribution >= 0.6 is 23.2 Å². The van der Waals surface area contributed by atoms with E-state index < -0.39 is 0 Å². The molecular weight excluding hydrogens is 281 g/mol. The molecule has 0 aromatic heterocycles. The van der Waals surface area contributed by atoms with Crippen LogP contribution in [0.4, 0.5) is 0 Å². The number of amides is 1. The number of aryl methyl sites for hydroxylation is 1. The molecule has 1 N–H and O–H groups in total. The van der Waals surface area contributed by atoms with Crippen molar-refractivity contribution in [1.82, 2.24) is 5.32 Å². The lowest BCUT2D eigenvalue weighted by molar-refractivity contribution is 0.0943. The second kappa shape index (κ2) is 6.62. The highest BCUT2D eigenvalue weighted by molar-refractivity contribution is 6.31. The van der Waals surface area contributed by atoms with Crippen LogP contribution in [0.3, 0.4) is 0 Å². The second-order valence-electron chi connectivity index (χ2n) is 5.29. The van der Waals surface area contributed by atoms with Gasteiger partial charge in [0.1, 0.15) is 0 Å². The lowest BCUT2D eigenvalue weighted by Gasteiger charge is -2.25. The first kappa shape index (κ1) is 14.7. The molecule has 2 nitrogen and oxygen atoms in total. The maximum atomic E-state index is 12.0. The first-order chi connectivity index (χ1) is 9.06. The lowest BCUT2D eigenvalue weighted by atomic mass is 9.89. The van der Waals surface area contributed by atoms with Crippen molar-refractivity contribution in [2.75, 3.05) is 6.54 Å². The van der Waals surface area contributed by atoms with Gasteiger partial charge in [-0.3, -0.25) is 4.79 Å². The first-order valence-electron chi connectivity index (χ1n) is 6.74. The normalized spacial score (nSPS) is 23.1. The topological polar surface area (TPSA) is 29.1 Å². The van der Waals surface area contributed by atoms with Gasteiger partial charge in [-0.2, -0.15) is 0 Å². The quantitative estimate of drug-likeness (QED) is 0.834. The largest absolute Gasteiger partial charge is 0.352 e. The zero-order chi connectivity index (χ0) is 13.8. The molecule has 0 unspecified atom stereocenters. The van der Waals surface area contributed by atoms with E-state index in [2.05, 4.69) is 5.32 Å². The summed E-state index contributed by atoms with van der Waals surface area (Å²) in [4.78, 5) is 12.0. The molecule has 1 aromatic rings. The molecule has 1 aromatic carbocycles. The SMILES string of the molecule is Cc1ccc(C(=O)NCC2CCC(Cl)CC2)cc1Cl. The third-order valence-corrected chi connectivity index (χ3v) is 4.61. The van der Waals surface area contributed by atoms with Crippen LogP contribution < -0.4 is 5.32 Å². The zero-order valence-electron chi connectivity index (χ0n) is 11.1. The maximum Gasteiger partial charge on any atom is 0.251 e. The summed E-state index contributed by atoms with van der Waals surface area (Å²) in [6.07, 6.45) is 4.31. The maximum absolute atomic E-state index is 12.0. The molecule has 1 aliphatic carbocycles. The van der Waals surface area contributed by atoms with Gasteiger partial charge in [-0.25, -0.2) is 0 Å². The van der Waals surface area contributed by atoms with E-state index in [1.807, 2.05) is 19.1 Å². The summed E-state index contributed by atoms with van der Waals surface area (Å²) in [5.74, 6) is 0.509. The van der Waals surface area contributed by atoms with E-state index in [1.54, 1.807) is 6.07 Å². The summed E-state index contributed by atoms with van der Waals surface area (Å²) >= 11 is 12.1. The number of carbonyl (C=O) groups is 1. The van der Waals surface area contributed by atoms with Gasteiger partial charge < -0.3 is 5.32 Å². The number of alkyl halides is 1. The lowest BCUT2D eigenvalue weighted by Crippen LogP contribution is -2.31. The van der Waals surface area contributed by atoms with Gasteiger partial charge in [-0.15, -0.1) is 11.6 Å². The van der Waals surface area contributed by atoms with Crippen LogP contribution in [0.2, 0.25) is 5.02 Å². The Labute approximate surface area is 124 Å². The average Bonchev–Trinajstić information content (AvgIpc) is 2.41. The molecule has 1 fully saturated rings. The number of rotatable bonds is 3. The van der Waals surface area contributed by atoms with Crippen LogP contribution in [-0.2, 0) is 0 Å². The molecular formula is C15H19Cl2NO. The van der Waals surface area contributed by atoms with Crippen molar-refractivity contribution in [1.29, 1.82) is 0 Å². The monoisotopic (exact) mass is 299 g/mol. The van der Waals surface area contributed by atoms with E-state index in [0.717, 1.165) is 37.8 Å². The number of benzene rings is 1. The Morgan fingerprint density at radius 3 is 2.63 bits per heavy atom. The van der Waals surface area contributed by atoms with Crippen molar-refractivity contribution in [3.8, 4) is 0 Å².